The van der Waals surface area contributed by atoms with E-state index in [0.717, 1.165) is 17.4 Å². The number of aryl methyl sites for hydroxylation is 1. The summed E-state index contributed by atoms with van der Waals surface area (Å²) in [6.45, 7) is 2.09. The van der Waals surface area contributed by atoms with Crippen molar-refractivity contribution in [1.29, 1.82) is 0 Å². The Kier molecular flexibility index (Phi) is 2.60. The van der Waals surface area contributed by atoms with E-state index in [-0.39, 0.29) is 0 Å². The van der Waals surface area contributed by atoms with Crippen molar-refractivity contribution in [3.63, 3.8) is 0 Å². The Bertz CT molecular complexity index is 168. The fourth-order valence-electron chi connectivity index (χ4n) is 0.597. The summed E-state index contributed by atoms with van der Waals surface area (Å²) >= 11 is 4.82. The van der Waals surface area contributed by atoms with Crippen molar-refractivity contribution in [3.8, 4) is 0 Å². The van der Waals surface area contributed by atoms with Gasteiger partial charge in [-0.25, -0.2) is 0 Å². The minimum Gasteiger partial charge on any atom is -0.143 e. The summed E-state index contributed by atoms with van der Waals surface area (Å²) in [6.07, 6.45) is 0.984. The first kappa shape index (κ1) is 7.15. The zero-order chi connectivity index (χ0) is 6.69. The van der Waals surface area contributed by atoms with Gasteiger partial charge in [0.2, 0.25) is 0 Å². The lowest BCUT2D eigenvalue weighted by atomic mass is 10.3. The Balaban J connectivity index is 2.85. The Morgan fingerprint density at radius 1 is 1.67 bits per heavy atom. The van der Waals surface area contributed by atoms with E-state index < -0.39 is 0 Å². The Hall–Kier alpha value is 0.0400. The van der Waals surface area contributed by atoms with E-state index in [2.05, 4.69) is 32.4 Å². The number of nitrogens with zero attached hydrogens (tertiary/aromatic N) is 2. The first-order valence-electron chi connectivity index (χ1n) is 2.74. The molecule has 1 heterocycles. The van der Waals surface area contributed by atoms with Gasteiger partial charge in [0.25, 0.3) is 0 Å². The lowest BCUT2D eigenvalue weighted by molar-refractivity contribution is 0.977. The molecule has 0 bridgehead atoms. The molecule has 0 atom stereocenters. The third kappa shape index (κ3) is 1.49. The van der Waals surface area contributed by atoms with E-state index in [4.69, 9.17) is 0 Å². The van der Waals surface area contributed by atoms with Gasteiger partial charge in [0, 0.05) is 5.33 Å². The van der Waals surface area contributed by atoms with E-state index in [1.165, 1.54) is 16.4 Å². The van der Waals surface area contributed by atoms with Gasteiger partial charge in [-0.15, -0.1) is 5.10 Å². The third-order valence-corrected chi connectivity index (χ3v) is 2.79. The molecule has 1 rings (SSSR count). The molecule has 0 aliphatic carbocycles. The maximum atomic E-state index is 3.94. The second-order valence-corrected chi connectivity index (χ2v) is 3.03. The third-order valence-electron chi connectivity index (χ3n) is 1.09. The predicted molar refractivity (Wildman–Crippen MR) is 41.9 cm³/mol. The van der Waals surface area contributed by atoms with Crippen LogP contribution in [0.15, 0.2) is 0 Å². The molecule has 0 spiro atoms. The van der Waals surface area contributed by atoms with Crippen LogP contribution in [0.5, 0.6) is 0 Å². The van der Waals surface area contributed by atoms with Gasteiger partial charge in [0.1, 0.15) is 0 Å². The number of halogens is 1. The minimum atomic E-state index is 0.883. The second kappa shape index (κ2) is 3.27. The molecule has 9 heavy (non-hydrogen) atoms. The number of hydrogen-bond acceptors (Lipinski definition) is 3. The van der Waals surface area contributed by atoms with Crippen LogP contribution in [-0.2, 0) is 11.8 Å². The van der Waals surface area contributed by atoms with E-state index in [0.29, 0.717) is 0 Å². The largest absolute Gasteiger partial charge is 0.143 e. The normalized spacial score (nSPS) is 10.0. The maximum absolute atomic E-state index is 3.94. The highest BCUT2D eigenvalue weighted by Gasteiger charge is 2.01. The molecule has 2 nitrogen and oxygen atoms in total. The standard InChI is InChI=1S/C5H7BrN2S/c1-2-4-5(3-6)9-8-7-4/h2-3H2,1H3. The molecule has 0 N–H and O–H groups in total. The smallest absolute Gasteiger partial charge is 0.0793 e. The van der Waals surface area contributed by atoms with Crippen molar-refractivity contribution >= 4 is 27.5 Å². The van der Waals surface area contributed by atoms with Crippen LogP contribution in [0.1, 0.15) is 17.5 Å². The number of aromatic nitrogens is 2. The fourth-order valence-corrected chi connectivity index (χ4v) is 1.80. The van der Waals surface area contributed by atoms with E-state index in [9.17, 15) is 0 Å². The molecule has 0 amide bonds. The lowest BCUT2D eigenvalue weighted by Gasteiger charge is -1.87. The molecule has 0 fully saturated rings. The summed E-state index contributed by atoms with van der Waals surface area (Å²) < 4.78 is 3.83. The van der Waals surface area contributed by atoms with Crippen LogP contribution in [-0.4, -0.2) is 9.59 Å². The van der Waals surface area contributed by atoms with Gasteiger partial charge in [-0.3, -0.25) is 0 Å². The second-order valence-electron chi connectivity index (χ2n) is 1.63. The molecule has 0 aliphatic heterocycles. The molecular weight excluding hydrogens is 200 g/mol. The molecule has 0 aliphatic rings. The number of hydrogen-bond donors (Lipinski definition) is 0. The fraction of sp³-hybridized carbons (Fsp3) is 0.600. The first-order valence-corrected chi connectivity index (χ1v) is 4.64. The average Bonchev–Trinajstić information content (AvgIpc) is 2.33. The van der Waals surface area contributed by atoms with Gasteiger partial charge < -0.3 is 0 Å². The summed E-state index contributed by atoms with van der Waals surface area (Å²) in [5.41, 5.74) is 1.12. The van der Waals surface area contributed by atoms with Gasteiger partial charge in [0.15, 0.2) is 0 Å². The van der Waals surface area contributed by atoms with Crippen LogP contribution >= 0.6 is 27.5 Å². The zero-order valence-electron chi connectivity index (χ0n) is 5.09. The highest BCUT2D eigenvalue weighted by Crippen LogP contribution is 2.13. The molecular formula is C5H7BrN2S. The summed E-state index contributed by atoms with van der Waals surface area (Å²) in [7, 11) is 0. The molecule has 0 saturated heterocycles. The van der Waals surface area contributed by atoms with Crippen LogP contribution in [0.4, 0.5) is 0 Å². The Labute approximate surface area is 66.6 Å². The molecule has 0 saturated carbocycles. The van der Waals surface area contributed by atoms with Crippen molar-refractivity contribution < 1.29 is 0 Å². The summed E-state index contributed by atoms with van der Waals surface area (Å²) in [5.74, 6) is 0. The quantitative estimate of drug-likeness (QED) is 0.693. The monoisotopic (exact) mass is 206 g/mol. The van der Waals surface area contributed by atoms with Crippen molar-refractivity contribution in [3.05, 3.63) is 10.6 Å². The summed E-state index contributed by atoms with van der Waals surface area (Å²) in [5, 5.41) is 4.83. The van der Waals surface area contributed by atoms with Crippen LogP contribution in [0.3, 0.4) is 0 Å². The van der Waals surface area contributed by atoms with E-state index in [1.807, 2.05) is 0 Å². The van der Waals surface area contributed by atoms with Crippen molar-refractivity contribution in [2.75, 3.05) is 0 Å². The summed E-state index contributed by atoms with van der Waals surface area (Å²) in [6, 6.07) is 0. The average molecular weight is 207 g/mol. The van der Waals surface area contributed by atoms with Gasteiger partial charge >= 0.3 is 0 Å². The molecule has 0 radical (unpaired) electrons. The van der Waals surface area contributed by atoms with Gasteiger partial charge in [-0.05, 0) is 18.0 Å². The molecule has 0 unspecified atom stereocenters. The maximum Gasteiger partial charge on any atom is 0.0793 e. The molecule has 50 valence electrons. The molecule has 1 aromatic rings. The van der Waals surface area contributed by atoms with Crippen LogP contribution in [0.2, 0.25) is 0 Å². The minimum absolute atomic E-state index is 0.883. The van der Waals surface area contributed by atoms with Crippen LogP contribution in [0, 0.1) is 0 Å². The Morgan fingerprint density at radius 2 is 2.44 bits per heavy atom. The lowest BCUT2D eigenvalue weighted by Crippen LogP contribution is -1.83. The molecule has 1 aromatic heterocycles. The molecule has 0 aromatic carbocycles. The first-order chi connectivity index (χ1) is 4.38. The number of alkyl halides is 1. The van der Waals surface area contributed by atoms with Crippen LogP contribution in [0.25, 0.3) is 0 Å². The summed E-state index contributed by atoms with van der Waals surface area (Å²) in [4.78, 5) is 1.25. The van der Waals surface area contributed by atoms with Gasteiger partial charge in [0.05, 0.1) is 10.6 Å². The van der Waals surface area contributed by atoms with E-state index in [1.54, 1.807) is 0 Å². The van der Waals surface area contributed by atoms with Crippen molar-refractivity contribution in [1.82, 2.24) is 9.59 Å². The molecule has 4 heteroatoms. The Morgan fingerprint density at radius 3 is 2.89 bits per heavy atom. The highest BCUT2D eigenvalue weighted by molar-refractivity contribution is 9.08. The SMILES string of the molecule is CCc1nnsc1CBr. The van der Waals surface area contributed by atoms with Gasteiger partial charge in [-0.1, -0.05) is 27.3 Å². The zero-order valence-corrected chi connectivity index (χ0v) is 7.50. The predicted octanol–water partition coefficient (Wildman–Crippen LogP) is 2.00. The van der Waals surface area contributed by atoms with Gasteiger partial charge in [-0.2, -0.15) is 0 Å². The highest BCUT2D eigenvalue weighted by atomic mass is 79.9. The van der Waals surface area contributed by atoms with Crippen LogP contribution < -0.4 is 0 Å². The topological polar surface area (TPSA) is 25.8 Å². The van der Waals surface area contributed by atoms with E-state index >= 15 is 0 Å². The van der Waals surface area contributed by atoms with Crippen molar-refractivity contribution in [2.24, 2.45) is 0 Å². The van der Waals surface area contributed by atoms with Crippen molar-refractivity contribution in [2.45, 2.75) is 18.7 Å². The number of rotatable bonds is 2.